The number of oxazole rings is 1. The van der Waals surface area contributed by atoms with E-state index in [9.17, 15) is 4.79 Å². The van der Waals surface area contributed by atoms with Crippen molar-refractivity contribution in [2.45, 2.75) is 13.0 Å². The Hall–Kier alpha value is -1.36. The largest absolute Gasteiger partial charge is 0.447 e. The first-order chi connectivity index (χ1) is 6.81. The number of rotatable bonds is 3. The van der Waals surface area contributed by atoms with Crippen molar-refractivity contribution >= 4 is 5.91 Å². The minimum Gasteiger partial charge on any atom is -0.447 e. The SMILES string of the molecule is CNCc1nc(C(=O)N2CCC2)co1. The number of carbonyl (C=O) groups excluding carboxylic acids is 1. The van der Waals surface area contributed by atoms with Crippen LogP contribution in [0.25, 0.3) is 0 Å². The molecule has 1 aliphatic rings. The van der Waals surface area contributed by atoms with Crippen molar-refractivity contribution in [3.05, 3.63) is 17.8 Å². The van der Waals surface area contributed by atoms with Crippen LogP contribution in [0, 0.1) is 0 Å². The molecule has 1 fully saturated rings. The van der Waals surface area contributed by atoms with Gasteiger partial charge in [-0.2, -0.15) is 0 Å². The maximum atomic E-state index is 11.6. The smallest absolute Gasteiger partial charge is 0.275 e. The summed E-state index contributed by atoms with van der Waals surface area (Å²) in [6, 6.07) is 0. The summed E-state index contributed by atoms with van der Waals surface area (Å²) >= 11 is 0. The monoisotopic (exact) mass is 195 g/mol. The Labute approximate surface area is 82.1 Å². The van der Waals surface area contributed by atoms with Crippen LogP contribution < -0.4 is 5.32 Å². The van der Waals surface area contributed by atoms with Crippen LogP contribution in [0.4, 0.5) is 0 Å². The molecule has 0 spiro atoms. The van der Waals surface area contributed by atoms with E-state index in [1.807, 2.05) is 0 Å². The molecule has 0 saturated carbocycles. The molecule has 0 unspecified atom stereocenters. The Kier molecular flexibility index (Phi) is 2.49. The summed E-state index contributed by atoms with van der Waals surface area (Å²) in [5, 5.41) is 2.91. The second-order valence-electron chi connectivity index (χ2n) is 3.30. The third-order valence-electron chi connectivity index (χ3n) is 2.24. The normalized spacial score (nSPS) is 15.4. The molecule has 1 aromatic heterocycles. The van der Waals surface area contributed by atoms with Crippen molar-refractivity contribution in [3.8, 4) is 0 Å². The fourth-order valence-electron chi connectivity index (χ4n) is 1.32. The average molecular weight is 195 g/mol. The second-order valence-corrected chi connectivity index (χ2v) is 3.30. The lowest BCUT2D eigenvalue weighted by atomic mass is 10.2. The fraction of sp³-hybridized carbons (Fsp3) is 0.556. The number of hydrogen-bond donors (Lipinski definition) is 1. The van der Waals surface area contributed by atoms with Gasteiger partial charge in [0.25, 0.3) is 5.91 Å². The van der Waals surface area contributed by atoms with Crippen molar-refractivity contribution in [1.29, 1.82) is 0 Å². The highest BCUT2D eigenvalue weighted by Crippen LogP contribution is 2.12. The van der Waals surface area contributed by atoms with E-state index in [1.165, 1.54) is 6.26 Å². The van der Waals surface area contributed by atoms with Gasteiger partial charge >= 0.3 is 0 Å². The molecule has 5 heteroatoms. The van der Waals surface area contributed by atoms with Crippen LogP contribution in [-0.4, -0.2) is 35.9 Å². The molecule has 1 aliphatic heterocycles. The Balaban J connectivity index is 2.04. The van der Waals surface area contributed by atoms with Gasteiger partial charge in [0.1, 0.15) is 6.26 Å². The van der Waals surface area contributed by atoms with Crippen LogP contribution >= 0.6 is 0 Å². The van der Waals surface area contributed by atoms with Crippen LogP contribution in [0.1, 0.15) is 22.8 Å². The van der Waals surface area contributed by atoms with Gasteiger partial charge in [0.05, 0.1) is 6.54 Å². The van der Waals surface area contributed by atoms with Gasteiger partial charge in [0.2, 0.25) is 5.89 Å². The predicted octanol–water partition coefficient (Wildman–Crippen LogP) is 0.240. The zero-order chi connectivity index (χ0) is 9.97. The first kappa shape index (κ1) is 9.21. The van der Waals surface area contributed by atoms with E-state index in [1.54, 1.807) is 11.9 Å². The summed E-state index contributed by atoms with van der Waals surface area (Å²) in [4.78, 5) is 17.5. The van der Waals surface area contributed by atoms with Crippen LogP contribution in [0.5, 0.6) is 0 Å². The molecule has 14 heavy (non-hydrogen) atoms. The van der Waals surface area contributed by atoms with Gasteiger partial charge < -0.3 is 14.6 Å². The third-order valence-corrected chi connectivity index (χ3v) is 2.24. The lowest BCUT2D eigenvalue weighted by Crippen LogP contribution is -2.42. The molecular weight excluding hydrogens is 182 g/mol. The molecule has 2 heterocycles. The van der Waals surface area contributed by atoms with Gasteiger partial charge in [-0.3, -0.25) is 4.79 Å². The molecule has 0 atom stereocenters. The molecule has 5 nitrogen and oxygen atoms in total. The quantitative estimate of drug-likeness (QED) is 0.750. The standard InChI is InChI=1S/C9H13N3O2/c1-10-5-8-11-7(6-14-8)9(13)12-3-2-4-12/h6,10H,2-5H2,1H3. The Morgan fingerprint density at radius 2 is 2.50 bits per heavy atom. The molecule has 0 radical (unpaired) electrons. The fourth-order valence-corrected chi connectivity index (χ4v) is 1.32. The van der Waals surface area contributed by atoms with E-state index >= 15 is 0 Å². The molecule has 1 saturated heterocycles. The lowest BCUT2D eigenvalue weighted by molar-refractivity contribution is 0.0645. The van der Waals surface area contributed by atoms with Crippen molar-refractivity contribution in [1.82, 2.24) is 15.2 Å². The minimum atomic E-state index is -0.0256. The summed E-state index contributed by atoms with van der Waals surface area (Å²) < 4.78 is 5.12. The van der Waals surface area contributed by atoms with Crippen molar-refractivity contribution in [2.75, 3.05) is 20.1 Å². The predicted molar refractivity (Wildman–Crippen MR) is 49.8 cm³/mol. The summed E-state index contributed by atoms with van der Waals surface area (Å²) in [5.41, 5.74) is 0.412. The summed E-state index contributed by atoms with van der Waals surface area (Å²) in [6.07, 6.45) is 2.51. The van der Waals surface area contributed by atoms with E-state index in [2.05, 4.69) is 10.3 Å². The first-order valence-electron chi connectivity index (χ1n) is 4.69. The Morgan fingerprint density at radius 1 is 1.71 bits per heavy atom. The number of nitrogens with one attached hydrogen (secondary N) is 1. The number of likely N-dealkylation sites (tertiary alicyclic amines) is 1. The Bertz CT molecular complexity index is 331. The topological polar surface area (TPSA) is 58.4 Å². The summed E-state index contributed by atoms with van der Waals surface area (Å²) in [7, 11) is 1.81. The number of aromatic nitrogens is 1. The Morgan fingerprint density at radius 3 is 3.07 bits per heavy atom. The van der Waals surface area contributed by atoms with E-state index in [-0.39, 0.29) is 5.91 Å². The molecule has 1 N–H and O–H groups in total. The highest BCUT2D eigenvalue weighted by molar-refractivity contribution is 5.92. The summed E-state index contributed by atoms with van der Waals surface area (Å²) in [5.74, 6) is 0.527. The van der Waals surface area contributed by atoms with Crippen molar-refractivity contribution < 1.29 is 9.21 Å². The third kappa shape index (κ3) is 1.63. The molecule has 76 valence electrons. The zero-order valence-electron chi connectivity index (χ0n) is 8.12. The van der Waals surface area contributed by atoms with E-state index in [4.69, 9.17) is 4.42 Å². The number of amides is 1. The molecular formula is C9H13N3O2. The summed E-state index contributed by atoms with van der Waals surface area (Å²) in [6.45, 7) is 2.23. The van der Waals surface area contributed by atoms with E-state index in [0.29, 0.717) is 18.1 Å². The molecule has 1 aromatic rings. The van der Waals surface area contributed by atoms with E-state index < -0.39 is 0 Å². The van der Waals surface area contributed by atoms with Crippen molar-refractivity contribution in [3.63, 3.8) is 0 Å². The van der Waals surface area contributed by atoms with Gasteiger partial charge in [0, 0.05) is 13.1 Å². The van der Waals surface area contributed by atoms with Gasteiger partial charge in [-0.1, -0.05) is 0 Å². The number of carbonyl (C=O) groups is 1. The van der Waals surface area contributed by atoms with Crippen LogP contribution in [0.3, 0.4) is 0 Å². The van der Waals surface area contributed by atoms with Gasteiger partial charge in [-0.15, -0.1) is 0 Å². The van der Waals surface area contributed by atoms with Crippen LogP contribution in [-0.2, 0) is 6.54 Å². The van der Waals surface area contributed by atoms with E-state index in [0.717, 1.165) is 19.5 Å². The average Bonchev–Trinajstić information content (AvgIpc) is 2.50. The first-order valence-corrected chi connectivity index (χ1v) is 4.69. The van der Waals surface area contributed by atoms with Crippen LogP contribution in [0.2, 0.25) is 0 Å². The molecule has 2 rings (SSSR count). The second kappa shape index (κ2) is 3.79. The molecule has 0 bridgehead atoms. The highest BCUT2D eigenvalue weighted by atomic mass is 16.3. The molecule has 0 aliphatic carbocycles. The zero-order valence-corrected chi connectivity index (χ0v) is 8.12. The van der Waals surface area contributed by atoms with Gasteiger partial charge in [0.15, 0.2) is 5.69 Å². The van der Waals surface area contributed by atoms with Crippen LogP contribution in [0.15, 0.2) is 10.7 Å². The van der Waals surface area contributed by atoms with Gasteiger partial charge in [-0.05, 0) is 13.5 Å². The van der Waals surface area contributed by atoms with Gasteiger partial charge in [-0.25, -0.2) is 4.98 Å². The number of hydrogen-bond acceptors (Lipinski definition) is 4. The minimum absolute atomic E-state index is 0.0256. The maximum absolute atomic E-state index is 11.6. The maximum Gasteiger partial charge on any atom is 0.275 e. The van der Waals surface area contributed by atoms with Crippen molar-refractivity contribution in [2.24, 2.45) is 0 Å². The molecule has 1 amide bonds. The molecule has 0 aromatic carbocycles. The highest BCUT2D eigenvalue weighted by Gasteiger charge is 2.23. The number of nitrogens with zero attached hydrogens (tertiary/aromatic N) is 2. The lowest BCUT2D eigenvalue weighted by Gasteiger charge is -2.29.